The molecular formula is C9H9N5. The first kappa shape index (κ1) is 8.55. The van der Waals surface area contributed by atoms with Crippen molar-refractivity contribution in [1.29, 1.82) is 0 Å². The normalized spacial score (nSPS) is 9.79. The van der Waals surface area contributed by atoms with E-state index in [1.54, 1.807) is 24.8 Å². The van der Waals surface area contributed by atoms with E-state index >= 15 is 0 Å². The highest BCUT2D eigenvalue weighted by molar-refractivity contribution is 5.55. The Morgan fingerprint density at radius 1 is 0.929 bits per heavy atom. The molecule has 1 N–H and O–H groups in total. The number of rotatable bonds is 2. The Kier molecular flexibility index (Phi) is 2.31. The molecule has 2 heterocycles. The van der Waals surface area contributed by atoms with Crippen LogP contribution in [0.25, 0.3) is 0 Å². The van der Waals surface area contributed by atoms with Gasteiger partial charge in [0.15, 0.2) is 0 Å². The maximum atomic E-state index is 4.06. The van der Waals surface area contributed by atoms with Crippen molar-refractivity contribution in [2.24, 2.45) is 0 Å². The Morgan fingerprint density at radius 3 is 2.14 bits per heavy atom. The molecule has 0 saturated heterocycles. The highest BCUT2D eigenvalue weighted by Crippen LogP contribution is 2.11. The van der Waals surface area contributed by atoms with Gasteiger partial charge >= 0.3 is 0 Å². The van der Waals surface area contributed by atoms with Gasteiger partial charge in [-0.05, 0) is 6.92 Å². The van der Waals surface area contributed by atoms with Gasteiger partial charge in [0.1, 0.15) is 12.2 Å². The minimum atomic E-state index is 0.750. The summed E-state index contributed by atoms with van der Waals surface area (Å²) >= 11 is 0. The second kappa shape index (κ2) is 3.78. The summed E-state index contributed by atoms with van der Waals surface area (Å²) in [6, 6.07) is 0. The predicted octanol–water partition coefficient (Wildman–Crippen LogP) is 1.32. The van der Waals surface area contributed by atoms with Crippen LogP contribution in [-0.2, 0) is 0 Å². The summed E-state index contributed by atoms with van der Waals surface area (Å²) in [5, 5.41) is 3.08. The zero-order valence-corrected chi connectivity index (χ0v) is 7.68. The summed E-state index contributed by atoms with van der Waals surface area (Å²) in [6.45, 7) is 1.84. The number of hydrogen-bond donors (Lipinski definition) is 1. The molecule has 2 aromatic heterocycles. The van der Waals surface area contributed by atoms with Crippen LogP contribution in [0.4, 0.5) is 11.4 Å². The molecule has 14 heavy (non-hydrogen) atoms. The maximum Gasteiger partial charge on any atom is 0.125 e. The minimum Gasteiger partial charge on any atom is -0.350 e. The fourth-order valence-electron chi connectivity index (χ4n) is 0.987. The van der Waals surface area contributed by atoms with E-state index in [9.17, 15) is 0 Å². The second-order valence-corrected chi connectivity index (χ2v) is 2.77. The molecule has 2 aromatic rings. The standard InChI is InChI=1S/C9H9N5/c1-7-12-4-9(5-13-7)14-8-2-10-6-11-3-8/h2-6,14H,1H3. The summed E-state index contributed by atoms with van der Waals surface area (Å²) in [7, 11) is 0. The first-order valence-corrected chi connectivity index (χ1v) is 4.15. The predicted molar refractivity (Wildman–Crippen MR) is 52.1 cm³/mol. The van der Waals surface area contributed by atoms with Crippen LogP contribution < -0.4 is 5.32 Å². The molecule has 5 nitrogen and oxygen atoms in total. The van der Waals surface area contributed by atoms with Crippen LogP contribution in [0.5, 0.6) is 0 Å². The molecule has 2 rings (SSSR count). The quantitative estimate of drug-likeness (QED) is 0.768. The van der Waals surface area contributed by atoms with Gasteiger partial charge in [-0.3, -0.25) is 0 Å². The van der Waals surface area contributed by atoms with Crippen molar-refractivity contribution >= 4 is 11.4 Å². The maximum absolute atomic E-state index is 4.06. The number of nitrogens with zero attached hydrogens (tertiary/aromatic N) is 4. The van der Waals surface area contributed by atoms with Gasteiger partial charge in [-0.2, -0.15) is 0 Å². The third-order valence-corrected chi connectivity index (χ3v) is 1.63. The first-order valence-electron chi connectivity index (χ1n) is 4.15. The third kappa shape index (κ3) is 2.01. The zero-order chi connectivity index (χ0) is 9.80. The number of aromatic nitrogens is 4. The Hall–Kier alpha value is -2.04. The molecule has 70 valence electrons. The zero-order valence-electron chi connectivity index (χ0n) is 7.68. The summed E-state index contributed by atoms with van der Waals surface area (Å²) < 4.78 is 0. The molecule has 0 amide bonds. The van der Waals surface area contributed by atoms with Crippen LogP contribution in [0.3, 0.4) is 0 Å². The lowest BCUT2D eigenvalue weighted by Gasteiger charge is -2.03. The van der Waals surface area contributed by atoms with Gasteiger partial charge in [0, 0.05) is 0 Å². The Bertz CT molecular complexity index is 397. The van der Waals surface area contributed by atoms with Crippen molar-refractivity contribution in [3.05, 3.63) is 36.9 Å². The van der Waals surface area contributed by atoms with Crippen molar-refractivity contribution < 1.29 is 0 Å². The van der Waals surface area contributed by atoms with Gasteiger partial charge < -0.3 is 5.32 Å². The molecule has 0 unspecified atom stereocenters. The number of aryl methyl sites for hydroxylation is 1. The van der Waals surface area contributed by atoms with E-state index in [1.807, 2.05) is 6.92 Å². The lowest BCUT2D eigenvalue weighted by atomic mass is 10.4. The molecular weight excluding hydrogens is 178 g/mol. The topological polar surface area (TPSA) is 63.6 Å². The average Bonchev–Trinajstić information content (AvgIpc) is 2.23. The molecule has 0 saturated carbocycles. The van der Waals surface area contributed by atoms with E-state index in [0.29, 0.717) is 0 Å². The van der Waals surface area contributed by atoms with E-state index in [2.05, 4.69) is 25.3 Å². The SMILES string of the molecule is Cc1ncc(Nc2cncnc2)cn1. The van der Waals surface area contributed by atoms with E-state index < -0.39 is 0 Å². The van der Waals surface area contributed by atoms with Gasteiger partial charge in [-0.15, -0.1) is 0 Å². The molecule has 0 aliphatic carbocycles. The summed E-state index contributed by atoms with van der Waals surface area (Å²) in [5.41, 5.74) is 1.64. The van der Waals surface area contributed by atoms with Gasteiger partial charge in [0.25, 0.3) is 0 Å². The summed E-state index contributed by atoms with van der Waals surface area (Å²) in [5.74, 6) is 0.750. The molecule has 0 spiro atoms. The fourth-order valence-corrected chi connectivity index (χ4v) is 0.987. The Morgan fingerprint density at radius 2 is 1.50 bits per heavy atom. The highest BCUT2D eigenvalue weighted by atomic mass is 15.0. The van der Waals surface area contributed by atoms with E-state index in [1.165, 1.54) is 6.33 Å². The van der Waals surface area contributed by atoms with Crippen molar-refractivity contribution in [3.63, 3.8) is 0 Å². The average molecular weight is 187 g/mol. The van der Waals surface area contributed by atoms with Crippen LogP contribution in [0.1, 0.15) is 5.82 Å². The van der Waals surface area contributed by atoms with Crippen molar-refractivity contribution in [2.45, 2.75) is 6.92 Å². The molecule has 0 atom stereocenters. The van der Waals surface area contributed by atoms with E-state index in [0.717, 1.165) is 17.2 Å². The van der Waals surface area contributed by atoms with Crippen molar-refractivity contribution in [1.82, 2.24) is 19.9 Å². The molecule has 0 bridgehead atoms. The van der Waals surface area contributed by atoms with Crippen LogP contribution in [0.15, 0.2) is 31.1 Å². The Balaban J connectivity index is 2.16. The van der Waals surface area contributed by atoms with Gasteiger partial charge in [0.05, 0.1) is 36.2 Å². The molecule has 0 fully saturated rings. The van der Waals surface area contributed by atoms with Gasteiger partial charge in [-0.1, -0.05) is 0 Å². The second-order valence-electron chi connectivity index (χ2n) is 2.77. The lowest BCUT2D eigenvalue weighted by Crippen LogP contribution is -1.94. The molecule has 0 aliphatic rings. The first-order chi connectivity index (χ1) is 6.84. The number of nitrogens with one attached hydrogen (secondary N) is 1. The van der Waals surface area contributed by atoms with Crippen molar-refractivity contribution in [3.8, 4) is 0 Å². The van der Waals surface area contributed by atoms with Crippen LogP contribution in [0, 0.1) is 6.92 Å². The monoisotopic (exact) mass is 187 g/mol. The van der Waals surface area contributed by atoms with Crippen LogP contribution in [0.2, 0.25) is 0 Å². The van der Waals surface area contributed by atoms with Crippen LogP contribution in [-0.4, -0.2) is 19.9 Å². The smallest absolute Gasteiger partial charge is 0.125 e. The Labute approximate surface area is 81.3 Å². The highest BCUT2D eigenvalue weighted by Gasteiger charge is 1.94. The lowest BCUT2D eigenvalue weighted by molar-refractivity contribution is 1.05. The summed E-state index contributed by atoms with van der Waals surface area (Å²) in [6.07, 6.45) is 8.29. The number of anilines is 2. The van der Waals surface area contributed by atoms with E-state index in [4.69, 9.17) is 0 Å². The third-order valence-electron chi connectivity index (χ3n) is 1.63. The van der Waals surface area contributed by atoms with Crippen molar-refractivity contribution in [2.75, 3.05) is 5.32 Å². The van der Waals surface area contributed by atoms with Gasteiger partial charge in [-0.25, -0.2) is 19.9 Å². The van der Waals surface area contributed by atoms with Gasteiger partial charge in [0.2, 0.25) is 0 Å². The molecule has 0 aliphatic heterocycles. The van der Waals surface area contributed by atoms with E-state index in [-0.39, 0.29) is 0 Å². The van der Waals surface area contributed by atoms with Crippen LogP contribution >= 0.6 is 0 Å². The summed E-state index contributed by atoms with van der Waals surface area (Å²) in [4.78, 5) is 15.9. The molecule has 0 radical (unpaired) electrons. The molecule has 5 heteroatoms. The molecule has 0 aromatic carbocycles. The minimum absolute atomic E-state index is 0.750. The fraction of sp³-hybridized carbons (Fsp3) is 0.111. The number of hydrogen-bond acceptors (Lipinski definition) is 5. The largest absolute Gasteiger partial charge is 0.350 e.